The van der Waals surface area contributed by atoms with E-state index in [1.807, 2.05) is 5.38 Å². The van der Waals surface area contributed by atoms with Crippen LogP contribution in [0.4, 0.5) is 0 Å². The van der Waals surface area contributed by atoms with Crippen LogP contribution < -0.4 is 0 Å². The van der Waals surface area contributed by atoms with Crippen LogP contribution >= 0.6 is 11.3 Å². The highest BCUT2D eigenvalue weighted by molar-refractivity contribution is 7.91. The molecule has 0 bridgehead atoms. The predicted octanol–water partition coefficient (Wildman–Crippen LogP) is 3.48. The van der Waals surface area contributed by atoms with E-state index in [0.29, 0.717) is 23.3 Å². The fraction of sp³-hybridized carbons (Fsp3) is 0.474. The Hall–Kier alpha value is -1.21. The molecule has 0 amide bonds. The fourth-order valence-corrected chi connectivity index (χ4v) is 7.07. The highest BCUT2D eigenvalue weighted by Gasteiger charge is 2.47. The van der Waals surface area contributed by atoms with Crippen molar-refractivity contribution < 1.29 is 8.42 Å². The Bertz CT molecular complexity index is 851. The van der Waals surface area contributed by atoms with Crippen LogP contribution in [0.25, 0.3) is 0 Å². The molecule has 4 nitrogen and oxygen atoms in total. The Morgan fingerprint density at radius 3 is 2.48 bits per heavy atom. The minimum Gasteiger partial charge on any atom is -0.302 e. The first-order chi connectivity index (χ1) is 11.9. The number of nitrogens with zero attached hydrogens (tertiary/aromatic N) is 2. The summed E-state index contributed by atoms with van der Waals surface area (Å²) >= 11 is 1.30. The Morgan fingerprint density at radius 2 is 1.84 bits per heavy atom. The van der Waals surface area contributed by atoms with Gasteiger partial charge >= 0.3 is 0 Å². The standard InChI is InChI=1S/C19H24N2O2S2/c1-20(2)17-14-19(16-7-4-3-6-15(16)17)9-11-21(12-10-19)25(22,23)18-8-5-13-24-18/h3-8,13,17H,9-12,14H2,1-2H3. The first-order valence-corrected chi connectivity index (χ1v) is 11.1. The number of sulfonamides is 1. The summed E-state index contributed by atoms with van der Waals surface area (Å²) in [6.07, 6.45) is 2.89. The smallest absolute Gasteiger partial charge is 0.252 e. The molecule has 25 heavy (non-hydrogen) atoms. The van der Waals surface area contributed by atoms with Crippen LogP contribution in [0.5, 0.6) is 0 Å². The van der Waals surface area contributed by atoms with E-state index >= 15 is 0 Å². The largest absolute Gasteiger partial charge is 0.302 e. The maximum absolute atomic E-state index is 12.8. The van der Waals surface area contributed by atoms with Crippen molar-refractivity contribution >= 4 is 21.4 Å². The predicted molar refractivity (Wildman–Crippen MR) is 101 cm³/mol. The van der Waals surface area contributed by atoms with E-state index in [0.717, 1.165) is 19.3 Å². The van der Waals surface area contributed by atoms with Gasteiger partial charge in [0.15, 0.2) is 0 Å². The molecule has 1 spiro atoms. The van der Waals surface area contributed by atoms with E-state index in [1.165, 1.54) is 22.5 Å². The molecule has 1 aromatic heterocycles. The molecule has 4 rings (SSSR count). The summed E-state index contributed by atoms with van der Waals surface area (Å²) in [5.41, 5.74) is 2.97. The zero-order valence-electron chi connectivity index (χ0n) is 14.7. The number of thiophene rings is 1. The summed E-state index contributed by atoms with van der Waals surface area (Å²) in [6, 6.07) is 12.7. The van der Waals surface area contributed by atoms with Gasteiger partial charge in [0.05, 0.1) is 0 Å². The minimum absolute atomic E-state index is 0.118. The average molecular weight is 377 g/mol. The first-order valence-electron chi connectivity index (χ1n) is 8.74. The number of piperidine rings is 1. The van der Waals surface area contributed by atoms with Crippen molar-refractivity contribution in [2.45, 2.75) is 34.9 Å². The van der Waals surface area contributed by atoms with Gasteiger partial charge in [-0.25, -0.2) is 8.42 Å². The summed E-state index contributed by atoms with van der Waals surface area (Å²) < 4.78 is 27.7. The number of hydrogen-bond donors (Lipinski definition) is 0. The third-order valence-corrected chi connectivity index (χ3v) is 9.14. The van der Waals surface area contributed by atoms with Crippen molar-refractivity contribution in [3.63, 3.8) is 0 Å². The molecule has 2 aromatic rings. The molecule has 0 N–H and O–H groups in total. The van der Waals surface area contributed by atoms with Crippen molar-refractivity contribution in [1.82, 2.24) is 9.21 Å². The van der Waals surface area contributed by atoms with Crippen LogP contribution in [-0.4, -0.2) is 44.8 Å². The van der Waals surface area contributed by atoms with Crippen LogP contribution in [0.1, 0.15) is 36.4 Å². The van der Waals surface area contributed by atoms with Crippen LogP contribution in [0, 0.1) is 0 Å². The van der Waals surface area contributed by atoms with Gasteiger partial charge in [-0.3, -0.25) is 0 Å². The zero-order valence-corrected chi connectivity index (χ0v) is 16.3. The molecule has 1 fully saturated rings. The summed E-state index contributed by atoms with van der Waals surface area (Å²) in [5, 5.41) is 1.83. The fourth-order valence-electron chi connectivity index (χ4n) is 4.49. The van der Waals surface area contributed by atoms with E-state index in [4.69, 9.17) is 0 Å². The average Bonchev–Trinajstić information content (AvgIpc) is 3.24. The molecule has 134 valence electrons. The third-order valence-electron chi connectivity index (χ3n) is 5.87. The second-order valence-electron chi connectivity index (χ2n) is 7.39. The van der Waals surface area contributed by atoms with Gasteiger partial charge in [-0.15, -0.1) is 11.3 Å². The van der Waals surface area contributed by atoms with Crippen molar-refractivity contribution in [3.05, 3.63) is 52.9 Å². The Kier molecular flexibility index (Phi) is 4.27. The van der Waals surface area contributed by atoms with Gasteiger partial charge in [0.2, 0.25) is 0 Å². The van der Waals surface area contributed by atoms with Gasteiger partial charge in [-0.2, -0.15) is 4.31 Å². The Morgan fingerprint density at radius 1 is 1.12 bits per heavy atom. The van der Waals surface area contributed by atoms with E-state index in [-0.39, 0.29) is 5.41 Å². The molecular formula is C19H24N2O2S2. The molecule has 1 aliphatic heterocycles. The lowest BCUT2D eigenvalue weighted by atomic mass is 9.74. The maximum atomic E-state index is 12.8. The van der Waals surface area contributed by atoms with Crippen LogP contribution in [0.3, 0.4) is 0 Å². The molecule has 1 atom stereocenters. The van der Waals surface area contributed by atoms with Crippen LogP contribution in [0.15, 0.2) is 46.0 Å². The molecule has 1 aliphatic carbocycles. The molecule has 0 radical (unpaired) electrons. The Labute approximate surface area is 154 Å². The van der Waals surface area contributed by atoms with Gasteiger partial charge < -0.3 is 4.90 Å². The van der Waals surface area contributed by atoms with E-state index in [1.54, 1.807) is 16.4 Å². The van der Waals surface area contributed by atoms with Gasteiger partial charge in [-0.1, -0.05) is 30.3 Å². The van der Waals surface area contributed by atoms with Crippen molar-refractivity contribution in [2.75, 3.05) is 27.2 Å². The Balaban J connectivity index is 1.60. The summed E-state index contributed by atoms with van der Waals surface area (Å²) in [7, 11) is 0.941. The van der Waals surface area contributed by atoms with E-state index in [9.17, 15) is 8.42 Å². The van der Waals surface area contributed by atoms with E-state index in [2.05, 4.69) is 43.3 Å². The number of hydrogen-bond acceptors (Lipinski definition) is 4. The summed E-state index contributed by atoms with van der Waals surface area (Å²) in [6.45, 7) is 1.21. The van der Waals surface area contributed by atoms with Crippen LogP contribution in [-0.2, 0) is 15.4 Å². The molecule has 1 unspecified atom stereocenters. The zero-order chi connectivity index (χ0) is 17.7. The number of benzene rings is 1. The highest BCUT2D eigenvalue weighted by Crippen LogP contribution is 2.52. The molecule has 2 heterocycles. The molecule has 6 heteroatoms. The van der Waals surface area contributed by atoms with E-state index < -0.39 is 10.0 Å². The minimum atomic E-state index is -3.33. The van der Waals surface area contributed by atoms with Gasteiger partial charge in [0.1, 0.15) is 4.21 Å². The first kappa shape index (κ1) is 17.2. The van der Waals surface area contributed by atoms with Crippen LogP contribution in [0.2, 0.25) is 0 Å². The second kappa shape index (κ2) is 6.20. The van der Waals surface area contributed by atoms with Gasteiger partial charge in [0, 0.05) is 19.1 Å². The molecule has 1 aromatic carbocycles. The summed E-state index contributed by atoms with van der Waals surface area (Å²) in [4.78, 5) is 2.29. The second-order valence-corrected chi connectivity index (χ2v) is 10.5. The van der Waals surface area contributed by atoms with Gasteiger partial charge in [0.25, 0.3) is 10.0 Å². The van der Waals surface area contributed by atoms with Crippen molar-refractivity contribution in [1.29, 1.82) is 0 Å². The number of fused-ring (bicyclic) bond motifs is 2. The molecule has 2 aliphatic rings. The number of rotatable bonds is 3. The lowest BCUT2D eigenvalue weighted by molar-refractivity contribution is 0.190. The topological polar surface area (TPSA) is 40.6 Å². The summed E-state index contributed by atoms with van der Waals surface area (Å²) in [5.74, 6) is 0. The third kappa shape index (κ3) is 2.76. The monoisotopic (exact) mass is 376 g/mol. The lowest BCUT2D eigenvalue weighted by Crippen LogP contribution is -2.44. The molecule has 0 saturated carbocycles. The SMILES string of the molecule is CN(C)C1CC2(CCN(S(=O)(=O)c3cccs3)CC2)c2ccccc21. The lowest BCUT2D eigenvalue weighted by Gasteiger charge is -2.39. The quantitative estimate of drug-likeness (QED) is 0.823. The molecular weight excluding hydrogens is 352 g/mol. The van der Waals surface area contributed by atoms with Crippen molar-refractivity contribution in [2.24, 2.45) is 0 Å². The molecule has 1 saturated heterocycles. The van der Waals surface area contributed by atoms with Gasteiger partial charge in [-0.05, 0) is 61.3 Å². The van der Waals surface area contributed by atoms with Crippen molar-refractivity contribution in [3.8, 4) is 0 Å². The normalized spacial score (nSPS) is 23.2. The maximum Gasteiger partial charge on any atom is 0.252 e. The highest BCUT2D eigenvalue weighted by atomic mass is 32.2.